The standard InChI is InChI=1S/C28H28FN7O2/c29-23-5-1-2-6-24(23)36-26(21-11-13-30-14-12-21)25(32-34-36)28-31-27(33-38-28)22-9-7-19(8-10-22)16-35-15-3-4-20(17-35)18-37/h1-2,5-13,20,30,37H,3-4,14-18H2. The van der Waals surface area contributed by atoms with Gasteiger partial charge in [0.2, 0.25) is 5.82 Å². The van der Waals surface area contributed by atoms with E-state index in [0.717, 1.165) is 43.6 Å². The number of para-hydroxylation sites is 1. The lowest BCUT2D eigenvalue weighted by atomic mass is 9.98. The molecule has 2 N–H and O–H groups in total. The molecule has 0 saturated carbocycles. The number of benzene rings is 2. The van der Waals surface area contributed by atoms with E-state index in [1.165, 1.54) is 16.3 Å². The van der Waals surface area contributed by atoms with Crippen molar-refractivity contribution in [3.63, 3.8) is 0 Å². The van der Waals surface area contributed by atoms with Crippen LogP contribution in [0.4, 0.5) is 4.39 Å². The number of nitrogens with zero attached hydrogens (tertiary/aromatic N) is 6. The molecule has 1 unspecified atom stereocenters. The Bertz CT molecular complexity index is 1470. The molecule has 2 aliphatic rings. The normalized spacial score (nSPS) is 17.8. The highest BCUT2D eigenvalue weighted by Gasteiger charge is 2.25. The Hall–Kier alpha value is -4.15. The van der Waals surface area contributed by atoms with Gasteiger partial charge in [-0.2, -0.15) is 4.98 Å². The maximum absolute atomic E-state index is 14.7. The lowest BCUT2D eigenvalue weighted by Crippen LogP contribution is -2.36. The maximum Gasteiger partial charge on any atom is 0.281 e. The number of hydrogen-bond acceptors (Lipinski definition) is 8. The number of nitrogens with one attached hydrogen (secondary N) is 1. The van der Waals surface area contributed by atoms with E-state index in [2.05, 4.69) is 42.8 Å². The first-order chi connectivity index (χ1) is 18.7. The summed E-state index contributed by atoms with van der Waals surface area (Å²) >= 11 is 0. The lowest BCUT2D eigenvalue weighted by Gasteiger charge is -2.31. The minimum Gasteiger partial charge on any atom is -0.396 e. The Morgan fingerprint density at radius 2 is 2.00 bits per heavy atom. The highest BCUT2D eigenvalue weighted by atomic mass is 19.1. The third-order valence-corrected chi connectivity index (χ3v) is 6.95. The molecule has 9 nitrogen and oxygen atoms in total. The molecule has 4 aromatic rings. The SMILES string of the molecule is OCC1CCCN(Cc2ccc(-c3noc(-c4nnn(-c5ccccc5F)c4C4=CCNC=C4)n3)cc2)C1. The smallest absolute Gasteiger partial charge is 0.281 e. The summed E-state index contributed by atoms with van der Waals surface area (Å²) in [5.41, 5.74) is 4.06. The molecule has 0 aliphatic carbocycles. The topological polar surface area (TPSA) is 105 Å². The van der Waals surface area contributed by atoms with Crippen molar-refractivity contribution in [2.75, 3.05) is 26.2 Å². The Morgan fingerprint density at radius 1 is 1.13 bits per heavy atom. The van der Waals surface area contributed by atoms with Crippen LogP contribution in [-0.4, -0.2) is 61.4 Å². The van der Waals surface area contributed by atoms with Crippen LogP contribution in [0.25, 0.3) is 34.2 Å². The van der Waals surface area contributed by atoms with Gasteiger partial charge in [-0.3, -0.25) is 4.90 Å². The molecule has 1 fully saturated rings. The quantitative estimate of drug-likeness (QED) is 0.384. The number of aliphatic hydroxyl groups excluding tert-OH is 1. The predicted molar refractivity (Wildman–Crippen MR) is 140 cm³/mol. The molecule has 10 heteroatoms. The molecular formula is C28H28FN7O2. The molecular weight excluding hydrogens is 485 g/mol. The van der Waals surface area contributed by atoms with E-state index in [9.17, 15) is 9.50 Å². The van der Waals surface area contributed by atoms with E-state index in [0.29, 0.717) is 29.7 Å². The zero-order valence-corrected chi connectivity index (χ0v) is 20.8. The Labute approximate surface area is 219 Å². The van der Waals surface area contributed by atoms with Crippen molar-refractivity contribution < 1.29 is 14.0 Å². The number of allylic oxidation sites excluding steroid dienone is 2. The number of likely N-dealkylation sites (tertiary alicyclic amines) is 1. The fourth-order valence-corrected chi connectivity index (χ4v) is 5.00. The summed E-state index contributed by atoms with van der Waals surface area (Å²) in [6.07, 6.45) is 7.88. The number of aliphatic hydroxyl groups is 1. The van der Waals surface area contributed by atoms with Gasteiger partial charge in [0, 0.05) is 37.4 Å². The molecule has 2 aliphatic heterocycles. The van der Waals surface area contributed by atoms with Crippen LogP contribution in [0.5, 0.6) is 0 Å². The van der Waals surface area contributed by atoms with Crippen LogP contribution < -0.4 is 5.32 Å². The van der Waals surface area contributed by atoms with Gasteiger partial charge in [-0.1, -0.05) is 52.8 Å². The van der Waals surface area contributed by atoms with Crippen molar-refractivity contribution in [2.45, 2.75) is 19.4 Å². The van der Waals surface area contributed by atoms with Gasteiger partial charge in [-0.25, -0.2) is 9.07 Å². The van der Waals surface area contributed by atoms with E-state index in [1.807, 2.05) is 30.5 Å². The number of piperidine rings is 1. The lowest BCUT2D eigenvalue weighted by molar-refractivity contribution is 0.116. The van der Waals surface area contributed by atoms with Crippen LogP contribution in [0.3, 0.4) is 0 Å². The number of aromatic nitrogens is 5. The zero-order chi connectivity index (χ0) is 25.9. The molecule has 1 atom stereocenters. The van der Waals surface area contributed by atoms with Crippen molar-refractivity contribution >= 4 is 5.57 Å². The van der Waals surface area contributed by atoms with E-state index in [1.54, 1.807) is 18.2 Å². The van der Waals surface area contributed by atoms with Crippen LogP contribution in [0.1, 0.15) is 24.1 Å². The van der Waals surface area contributed by atoms with Gasteiger partial charge in [0.1, 0.15) is 17.2 Å². The highest BCUT2D eigenvalue weighted by molar-refractivity contribution is 5.81. The molecule has 6 rings (SSSR count). The minimum atomic E-state index is -0.411. The second-order valence-corrected chi connectivity index (χ2v) is 9.60. The Balaban J connectivity index is 1.28. The van der Waals surface area contributed by atoms with Crippen molar-refractivity contribution in [3.8, 4) is 28.7 Å². The molecule has 2 aromatic carbocycles. The molecule has 0 bridgehead atoms. The number of halogens is 1. The van der Waals surface area contributed by atoms with Crippen molar-refractivity contribution in [2.24, 2.45) is 5.92 Å². The predicted octanol–water partition coefficient (Wildman–Crippen LogP) is 3.83. The fraction of sp³-hybridized carbons (Fsp3) is 0.286. The van der Waals surface area contributed by atoms with E-state index in [4.69, 9.17) is 4.52 Å². The summed E-state index contributed by atoms with van der Waals surface area (Å²) in [6, 6.07) is 14.5. The van der Waals surface area contributed by atoms with Crippen LogP contribution in [0.2, 0.25) is 0 Å². The summed E-state index contributed by atoms with van der Waals surface area (Å²) in [7, 11) is 0. The number of hydrogen-bond donors (Lipinski definition) is 2. The first-order valence-electron chi connectivity index (χ1n) is 12.8. The third kappa shape index (κ3) is 4.88. The second kappa shape index (κ2) is 10.7. The molecule has 4 heterocycles. The Kier molecular flexibility index (Phi) is 6.80. The third-order valence-electron chi connectivity index (χ3n) is 6.95. The van der Waals surface area contributed by atoms with Gasteiger partial charge < -0.3 is 14.9 Å². The van der Waals surface area contributed by atoms with Crippen molar-refractivity contribution in [3.05, 3.63) is 84.0 Å². The van der Waals surface area contributed by atoms with Gasteiger partial charge in [0.25, 0.3) is 5.89 Å². The summed E-state index contributed by atoms with van der Waals surface area (Å²) in [5.74, 6) is 0.591. The summed E-state index contributed by atoms with van der Waals surface area (Å²) < 4.78 is 21.8. The van der Waals surface area contributed by atoms with Crippen LogP contribution >= 0.6 is 0 Å². The summed E-state index contributed by atoms with van der Waals surface area (Å²) in [4.78, 5) is 6.99. The number of rotatable bonds is 7. The monoisotopic (exact) mass is 513 g/mol. The molecule has 0 amide bonds. The van der Waals surface area contributed by atoms with Crippen LogP contribution in [0.15, 0.2) is 71.4 Å². The van der Waals surface area contributed by atoms with Gasteiger partial charge in [0.15, 0.2) is 5.69 Å². The average Bonchev–Trinajstić information content (AvgIpc) is 3.62. The van der Waals surface area contributed by atoms with E-state index >= 15 is 0 Å². The average molecular weight is 514 g/mol. The molecule has 1 saturated heterocycles. The molecule has 38 heavy (non-hydrogen) atoms. The van der Waals surface area contributed by atoms with E-state index < -0.39 is 5.82 Å². The van der Waals surface area contributed by atoms with Gasteiger partial charge in [-0.05, 0) is 55.3 Å². The first kappa shape index (κ1) is 24.2. The zero-order valence-electron chi connectivity index (χ0n) is 20.8. The van der Waals surface area contributed by atoms with Crippen LogP contribution in [0, 0.1) is 11.7 Å². The highest BCUT2D eigenvalue weighted by Crippen LogP contribution is 2.31. The fourth-order valence-electron chi connectivity index (χ4n) is 5.00. The molecule has 194 valence electrons. The van der Waals surface area contributed by atoms with Crippen LogP contribution in [-0.2, 0) is 6.54 Å². The summed E-state index contributed by atoms with van der Waals surface area (Å²) in [5, 5.41) is 25.4. The van der Waals surface area contributed by atoms with Crippen molar-refractivity contribution in [1.29, 1.82) is 0 Å². The van der Waals surface area contributed by atoms with Gasteiger partial charge >= 0.3 is 0 Å². The molecule has 0 spiro atoms. The Morgan fingerprint density at radius 3 is 2.79 bits per heavy atom. The van der Waals surface area contributed by atoms with E-state index in [-0.39, 0.29) is 18.2 Å². The van der Waals surface area contributed by atoms with Gasteiger partial charge in [0.05, 0.1) is 0 Å². The minimum absolute atomic E-state index is 0.206. The number of dihydropyridines is 1. The van der Waals surface area contributed by atoms with Gasteiger partial charge in [-0.15, -0.1) is 5.10 Å². The second-order valence-electron chi connectivity index (χ2n) is 9.60. The first-order valence-corrected chi connectivity index (χ1v) is 12.8. The molecule has 0 radical (unpaired) electrons. The molecule has 2 aromatic heterocycles. The summed E-state index contributed by atoms with van der Waals surface area (Å²) in [6.45, 7) is 3.67. The van der Waals surface area contributed by atoms with Crippen molar-refractivity contribution in [1.82, 2.24) is 35.4 Å². The largest absolute Gasteiger partial charge is 0.396 e. The maximum atomic E-state index is 14.7.